The fraction of sp³-hybridized carbons (Fsp3) is 0.138. The number of carbonyl (C=O) groups is 1. The number of aryl methyl sites for hydroxylation is 2. The number of benzene rings is 4. The van der Waals surface area contributed by atoms with Crippen molar-refractivity contribution in [2.24, 2.45) is 0 Å². The van der Waals surface area contributed by atoms with Gasteiger partial charge >= 0.3 is 0 Å². The minimum atomic E-state index is -3.78. The number of nitrogens with one attached hydrogen (secondary N) is 2. The van der Waals surface area contributed by atoms with Crippen molar-refractivity contribution in [1.29, 1.82) is 0 Å². The Morgan fingerprint density at radius 1 is 0.744 bits per heavy atom. The number of rotatable bonds is 9. The van der Waals surface area contributed by atoms with E-state index in [9.17, 15) is 21.6 Å². The van der Waals surface area contributed by atoms with Crippen LogP contribution in [0.3, 0.4) is 0 Å². The molecule has 0 unspecified atom stereocenters. The molecule has 0 radical (unpaired) electrons. The molecule has 0 aromatic heterocycles. The molecule has 10 heteroatoms. The lowest BCUT2D eigenvalue weighted by Gasteiger charge is -2.23. The van der Waals surface area contributed by atoms with Crippen molar-refractivity contribution in [3.05, 3.63) is 119 Å². The summed E-state index contributed by atoms with van der Waals surface area (Å²) in [5, 5.41) is 2.75. The molecule has 4 aromatic rings. The average Bonchev–Trinajstić information content (AvgIpc) is 2.87. The van der Waals surface area contributed by atoms with Crippen LogP contribution in [0.2, 0.25) is 0 Å². The molecular weight excluding hydrogens is 534 g/mol. The maximum atomic E-state index is 12.8. The fourth-order valence-corrected chi connectivity index (χ4v) is 5.88. The lowest BCUT2D eigenvalue weighted by atomic mass is 10.1. The first-order chi connectivity index (χ1) is 18.4. The van der Waals surface area contributed by atoms with E-state index in [1.54, 1.807) is 60.7 Å². The zero-order valence-corrected chi connectivity index (χ0v) is 23.4. The maximum Gasteiger partial charge on any atom is 0.261 e. The molecule has 202 valence electrons. The molecule has 2 N–H and O–H groups in total. The molecule has 4 rings (SSSR count). The van der Waals surface area contributed by atoms with Gasteiger partial charge in [0.15, 0.2) is 0 Å². The molecule has 0 aliphatic heterocycles. The summed E-state index contributed by atoms with van der Waals surface area (Å²) in [5.74, 6) is -0.381. The summed E-state index contributed by atoms with van der Waals surface area (Å²) in [7, 11) is -7.31. The second-order valence-corrected chi connectivity index (χ2v) is 12.8. The van der Waals surface area contributed by atoms with Crippen LogP contribution in [0, 0.1) is 13.8 Å². The zero-order valence-electron chi connectivity index (χ0n) is 21.7. The van der Waals surface area contributed by atoms with Gasteiger partial charge in [0.25, 0.3) is 15.9 Å². The molecule has 39 heavy (non-hydrogen) atoms. The van der Waals surface area contributed by atoms with E-state index >= 15 is 0 Å². The van der Waals surface area contributed by atoms with Crippen LogP contribution in [0.5, 0.6) is 0 Å². The number of amides is 1. The van der Waals surface area contributed by atoms with Crippen molar-refractivity contribution >= 4 is 43.0 Å². The van der Waals surface area contributed by atoms with Gasteiger partial charge in [0.1, 0.15) is 0 Å². The maximum absolute atomic E-state index is 12.8. The summed E-state index contributed by atoms with van der Waals surface area (Å²) in [6, 6.07) is 26.8. The summed E-state index contributed by atoms with van der Waals surface area (Å²) in [5.41, 5.74) is 4.43. The Labute approximate surface area is 229 Å². The number of sulfonamides is 2. The van der Waals surface area contributed by atoms with Crippen LogP contribution in [0.1, 0.15) is 27.0 Å². The molecule has 4 aromatic carbocycles. The fourth-order valence-electron chi connectivity index (χ4n) is 3.95. The molecule has 1 amide bonds. The van der Waals surface area contributed by atoms with E-state index in [1.807, 2.05) is 26.0 Å². The Hall–Kier alpha value is -4.15. The zero-order chi connectivity index (χ0) is 28.2. The number of carbonyl (C=O) groups excluding carboxylic acids is 1. The highest BCUT2D eigenvalue weighted by Crippen LogP contribution is 2.23. The van der Waals surface area contributed by atoms with Gasteiger partial charge in [-0.15, -0.1) is 0 Å². The first-order valence-corrected chi connectivity index (χ1v) is 15.4. The Bertz CT molecular complexity index is 1700. The quantitative estimate of drug-likeness (QED) is 0.286. The van der Waals surface area contributed by atoms with Gasteiger partial charge < -0.3 is 5.32 Å². The Balaban J connectivity index is 1.42. The third-order valence-electron chi connectivity index (χ3n) is 5.93. The highest BCUT2D eigenvalue weighted by molar-refractivity contribution is 7.92. The normalized spacial score (nSPS) is 11.6. The number of nitrogens with zero attached hydrogens (tertiary/aromatic N) is 1. The van der Waals surface area contributed by atoms with Crippen molar-refractivity contribution in [2.45, 2.75) is 25.3 Å². The van der Waals surface area contributed by atoms with Crippen LogP contribution in [0.4, 0.5) is 17.1 Å². The average molecular weight is 564 g/mol. The van der Waals surface area contributed by atoms with Gasteiger partial charge in [-0.05, 0) is 91.2 Å². The number of anilines is 3. The van der Waals surface area contributed by atoms with Gasteiger partial charge in [0, 0.05) is 16.9 Å². The van der Waals surface area contributed by atoms with E-state index in [1.165, 1.54) is 28.6 Å². The topological polar surface area (TPSA) is 113 Å². The summed E-state index contributed by atoms with van der Waals surface area (Å²) in [6.07, 6.45) is 1.16. The van der Waals surface area contributed by atoms with Crippen LogP contribution in [-0.4, -0.2) is 29.0 Å². The first-order valence-electron chi connectivity index (χ1n) is 12.0. The van der Waals surface area contributed by atoms with Crippen molar-refractivity contribution in [2.75, 3.05) is 20.6 Å². The number of hydrogen-bond donors (Lipinski definition) is 2. The van der Waals surface area contributed by atoms with Gasteiger partial charge in [-0.2, -0.15) is 0 Å². The second kappa shape index (κ2) is 11.3. The van der Waals surface area contributed by atoms with E-state index in [2.05, 4.69) is 10.0 Å². The van der Waals surface area contributed by atoms with Gasteiger partial charge in [-0.1, -0.05) is 36.4 Å². The van der Waals surface area contributed by atoms with Crippen molar-refractivity contribution < 1.29 is 21.6 Å². The van der Waals surface area contributed by atoms with Gasteiger partial charge in [-0.3, -0.25) is 13.8 Å². The van der Waals surface area contributed by atoms with Gasteiger partial charge in [0.2, 0.25) is 10.0 Å². The van der Waals surface area contributed by atoms with Crippen LogP contribution in [-0.2, 0) is 26.6 Å². The summed E-state index contributed by atoms with van der Waals surface area (Å²) >= 11 is 0. The van der Waals surface area contributed by atoms with Crippen LogP contribution < -0.4 is 14.3 Å². The van der Waals surface area contributed by atoms with E-state index in [0.717, 1.165) is 17.4 Å². The Morgan fingerprint density at radius 2 is 1.36 bits per heavy atom. The van der Waals surface area contributed by atoms with Crippen LogP contribution in [0.15, 0.2) is 102 Å². The molecule has 0 aliphatic rings. The highest BCUT2D eigenvalue weighted by atomic mass is 32.2. The largest absolute Gasteiger partial charge is 0.322 e. The SMILES string of the molecule is Cc1cccc(NS(=O)(=O)c2ccc(NC(=O)c3ccc(CN(c4cccc(C)c4)S(C)(=O)=O)cc3)cc2)c1. The minimum Gasteiger partial charge on any atom is -0.322 e. The predicted octanol–water partition coefficient (Wildman–Crippen LogP) is 5.32. The smallest absolute Gasteiger partial charge is 0.261 e. The van der Waals surface area contributed by atoms with Gasteiger partial charge in [-0.25, -0.2) is 16.8 Å². The van der Waals surface area contributed by atoms with E-state index in [0.29, 0.717) is 28.2 Å². The lowest BCUT2D eigenvalue weighted by molar-refractivity contribution is 0.102. The van der Waals surface area contributed by atoms with Crippen molar-refractivity contribution in [3.63, 3.8) is 0 Å². The van der Waals surface area contributed by atoms with Crippen LogP contribution >= 0.6 is 0 Å². The monoisotopic (exact) mass is 563 g/mol. The minimum absolute atomic E-state index is 0.0652. The molecule has 0 saturated heterocycles. The molecule has 8 nitrogen and oxygen atoms in total. The summed E-state index contributed by atoms with van der Waals surface area (Å²) in [4.78, 5) is 12.8. The van der Waals surface area contributed by atoms with Crippen LogP contribution in [0.25, 0.3) is 0 Å². The standard InChI is InChI=1S/C29H29N3O5S2/c1-21-6-4-8-26(18-21)31-39(36,37)28-16-14-25(15-17-28)30-29(33)24-12-10-23(11-13-24)20-32(38(3,34)35)27-9-5-7-22(2)19-27/h4-19,31H,20H2,1-3H3,(H,30,33). The molecule has 0 spiro atoms. The molecule has 0 atom stereocenters. The molecular formula is C29H29N3O5S2. The second-order valence-electron chi connectivity index (χ2n) is 9.26. The lowest BCUT2D eigenvalue weighted by Crippen LogP contribution is -2.29. The van der Waals surface area contributed by atoms with E-state index < -0.39 is 20.0 Å². The van der Waals surface area contributed by atoms with Crippen molar-refractivity contribution in [1.82, 2.24) is 0 Å². The summed E-state index contributed by atoms with van der Waals surface area (Å²) < 4.78 is 54.1. The number of hydrogen-bond acceptors (Lipinski definition) is 5. The summed E-state index contributed by atoms with van der Waals surface area (Å²) in [6.45, 7) is 3.89. The molecule has 0 fully saturated rings. The molecule has 0 saturated carbocycles. The van der Waals surface area contributed by atoms with E-state index in [4.69, 9.17) is 0 Å². The molecule has 0 heterocycles. The molecule has 0 bridgehead atoms. The highest BCUT2D eigenvalue weighted by Gasteiger charge is 2.19. The first kappa shape index (κ1) is 27.9. The van der Waals surface area contributed by atoms with E-state index in [-0.39, 0.29) is 17.3 Å². The Kier molecular flexibility index (Phi) is 8.08. The molecule has 0 aliphatic carbocycles. The third kappa shape index (κ3) is 7.24. The predicted molar refractivity (Wildman–Crippen MR) is 155 cm³/mol. The third-order valence-corrected chi connectivity index (χ3v) is 8.46. The van der Waals surface area contributed by atoms with Gasteiger partial charge in [0.05, 0.1) is 23.4 Å². The Morgan fingerprint density at radius 3 is 1.95 bits per heavy atom. The van der Waals surface area contributed by atoms with Crippen molar-refractivity contribution in [3.8, 4) is 0 Å².